The van der Waals surface area contributed by atoms with Crippen molar-refractivity contribution in [2.75, 3.05) is 22.1 Å². The number of hydrogen-bond acceptors (Lipinski definition) is 6. The zero-order chi connectivity index (χ0) is 18.0. The van der Waals surface area contributed by atoms with Crippen LogP contribution in [0.1, 0.15) is 22.7 Å². The van der Waals surface area contributed by atoms with Gasteiger partial charge >= 0.3 is 0 Å². The standard InChI is InChI=1S/C16H17FN4O3S/c1-10-18-14(16(22)21-12-4-2-11(17)3-5-12)8-15(19-10)20-13-6-7-25(23,24)9-13/h2-5,8,13H,6-7,9H2,1H3,(H,21,22)(H,18,19,20). The van der Waals surface area contributed by atoms with Gasteiger partial charge in [-0.3, -0.25) is 4.79 Å². The number of rotatable bonds is 4. The second-order valence-corrected chi connectivity index (χ2v) is 8.12. The van der Waals surface area contributed by atoms with E-state index >= 15 is 0 Å². The Kier molecular flexibility index (Phi) is 4.67. The van der Waals surface area contributed by atoms with Crippen LogP contribution in [0.5, 0.6) is 0 Å². The highest BCUT2D eigenvalue weighted by atomic mass is 32.2. The lowest BCUT2D eigenvalue weighted by Crippen LogP contribution is -2.22. The second-order valence-electron chi connectivity index (χ2n) is 5.89. The lowest BCUT2D eigenvalue weighted by atomic mass is 10.2. The fraction of sp³-hybridized carbons (Fsp3) is 0.312. The van der Waals surface area contributed by atoms with Gasteiger partial charge in [-0.15, -0.1) is 0 Å². The quantitative estimate of drug-likeness (QED) is 0.858. The summed E-state index contributed by atoms with van der Waals surface area (Å²) < 4.78 is 36.0. The SMILES string of the molecule is Cc1nc(NC2CCS(=O)(=O)C2)cc(C(=O)Nc2ccc(F)cc2)n1. The molecular weight excluding hydrogens is 347 g/mol. The molecule has 2 aromatic rings. The summed E-state index contributed by atoms with van der Waals surface area (Å²) in [5.41, 5.74) is 0.583. The summed E-state index contributed by atoms with van der Waals surface area (Å²) in [6, 6.07) is 6.62. The van der Waals surface area contributed by atoms with Gasteiger partial charge in [-0.1, -0.05) is 0 Å². The van der Waals surface area contributed by atoms with Crippen LogP contribution in [0.2, 0.25) is 0 Å². The molecule has 7 nitrogen and oxygen atoms in total. The summed E-state index contributed by atoms with van der Waals surface area (Å²) in [6.45, 7) is 1.64. The van der Waals surface area contributed by atoms with E-state index in [0.29, 0.717) is 23.8 Å². The monoisotopic (exact) mass is 364 g/mol. The predicted molar refractivity (Wildman–Crippen MR) is 91.8 cm³/mol. The van der Waals surface area contributed by atoms with Gasteiger partial charge in [0.15, 0.2) is 9.84 Å². The molecule has 25 heavy (non-hydrogen) atoms. The molecule has 1 aliphatic heterocycles. The normalized spacial score (nSPS) is 18.7. The van der Waals surface area contributed by atoms with Crippen LogP contribution in [-0.2, 0) is 9.84 Å². The summed E-state index contributed by atoms with van der Waals surface area (Å²) >= 11 is 0. The molecule has 1 unspecified atom stereocenters. The van der Waals surface area contributed by atoms with Gasteiger partial charge in [-0.2, -0.15) is 0 Å². The Bertz CT molecular complexity index is 900. The van der Waals surface area contributed by atoms with Crippen molar-refractivity contribution < 1.29 is 17.6 Å². The van der Waals surface area contributed by atoms with Gasteiger partial charge in [0.25, 0.3) is 5.91 Å². The molecule has 0 saturated carbocycles. The third-order valence-corrected chi connectivity index (χ3v) is 5.53. The highest BCUT2D eigenvalue weighted by molar-refractivity contribution is 7.91. The first-order valence-electron chi connectivity index (χ1n) is 7.70. The number of nitrogens with one attached hydrogen (secondary N) is 2. The molecule has 1 aromatic heterocycles. The zero-order valence-corrected chi connectivity index (χ0v) is 14.3. The number of aromatic nitrogens is 2. The van der Waals surface area contributed by atoms with Gasteiger partial charge in [0, 0.05) is 17.8 Å². The van der Waals surface area contributed by atoms with Gasteiger partial charge in [0.1, 0.15) is 23.2 Å². The Balaban J connectivity index is 1.74. The molecule has 0 bridgehead atoms. The van der Waals surface area contributed by atoms with Crippen LogP contribution in [0, 0.1) is 12.7 Å². The minimum absolute atomic E-state index is 0.0488. The molecule has 0 spiro atoms. The number of carbonyl (C=O) groups excluding carboxylic acids is 1. The third kappa shape index (κ3) is 4.50. The highest BCUT2D eigenvalue weighted by Gasteiger charge is 2.28. The second kappa shape index (κ2) is 6.75. The van der Waals surface area contributed by atoms with Crippen LogP contribution in [0.25, 0.3) is 0 Å². The van der Waals surface area contributed by atoms with Crippen LogP contribution >= 0.6 is 0 Å². The number of hydrogen-bond donors (Lipinski definition) is 2. The third-order valence-electron chi connectivity index (χ3n) is 3.76. The van der Waals surface area contributed by atoms with Crippen molar-refractivity contribution in [1.82, 2.24) is 9.97 Å². The van der Waals surface area contributed by atoms with Crippen molar-refractivity contribution in [1.29, 1.82) is 0 Å². The van der Waals surface area contributed by atoms with E-state index in [1.807, 2.05) is 0 Å². The minimum atomic E-state index is -3.01. The van der Waals surface area contributed by atoms with Crippen molar-refractivity contribution >= 4 is 27.2 Å². The molecule has 1 saturated heterocycles. The lowest BCUT2D eigenvalue weighted by molar-refractivity contribution is 0.102. The van der Waals surface area contributed by atoms with E-state index in [-0.39, 0.29) is 23.2 Å². The molecule has 9 heteroatoms. The van der Waals surface area contributed by atoms with E-state index in [2.05, 4.69) is 20.6 Å². The molecular formula is C16H17FN4O3S. The van der Waals surface area contributed by atoms with E-state index in [0.717, 1.165) is 0 Å². The van der Waals surface area contributed by atoms with Crippen molar-refractivity contribution in [3.05, 3.63) is 47.7 Å². The number of anilines is 2. The Morgan fingerprint density at radius 1 is 1.24 bits per heavy atom. The van der Waals surface area contributed by atoms with Crippen LogP contribution in [0.4, 0.5) is 15.9 Å². The summed E-state index contributed by atoms with van der Waals surface area (Å²) in [5.74, 6) is 0.127. The molecule has 1 amide bonds. The number of halogens is 1. The largest absolute Gasteiger partial charge is 0.366 e. The molecule has 0 aliphatic carbocycles. The van der Waals surface area contributed by atoms with Gasteiger partial charge in [-0.25, -0.2) is 22.8 Å². The van der Waals surface area contributed by atoms with E-state index in [1.54, 1.807) is 6.92 Å². The maximum atomic E-state index is 12.9. The van der Waals surface area contributed by atoms with Crippen LogP contribution in [0.15, 0.2) is 30.3 Å². The molecule has 2 heterocycles. The average Bonchev–Trinajstić information content (AvgIpc) is 2.87. The Morgan fingerprint density at radius 2 is 1.96 bits per heavy atom. The number of sulfone groups is 1. The van der Waals surface area contributed by atoms with Crippen LogP contribution in [0.3, 0.4) is 0 Å². The van der Waals surface area contributed by atoms with Crippen LogP contribution < -0.4 is 10.6 Å². The molecule has 2 N–H and O–H groups in total. The molecule has 1 fully saturated rings. The Labute approximate surface area is 144 Å². The van der Waals surface area contributed by atoms with E-state index in [4.69, 9.17) is 0 Å². The average molecular weight is 364 g/mol. The van der Waals surface area contributed by atoms with Gasteiger partial charge in [-0.05, 0) is 37.6 Å². The number of carbonyl (C=O) groups is 1. The van der Waals surface area contributed by atoms with Crippen LogP contribution in [-0.4, -0.2) is 41.8 Å². The molecule has 3 rings (SSSR count). The molecule has 1 aliphatic rings. The van der Waals surface area contributed by atoms with Gasteiger partial charge in [0.2, 0.25) is 0 Å². The van der Waals surface area contributed by atoms with E-state index in [1.165, 1.54) is 30.3 Å². The Morgan fingerprint density at radius 3 is 2.60 bits per heavy atom. The van der Waals surface area contributed by atoms with Crippen molar-refractivity contribution in [2.45, 2.75) is 19.4 Å². The highest BCUT2D eigenvalue weighted by Crippen LogP contribution is 2.17. The van der Waals surface area contributed by atoms with E-state index < -0.39 is 21.6 Å². The topological polar surface area (TPSA) is 101 Å². The molecule has 1 atom stereocenters. The first-order chi connectivity index (χ1) is 11.8. The van der Waals surface area contributed by atoms with E-state index in [9.17, 15) is 17.6 Å². The summed E-state index contributed by atoms with van der Waals surface area (Å²) in [6.07, 6.45) is 0.502. The first kappa shape index (κ1) is 17.3. The predicted octanol–water partition coefficient (Wildman–Crippen LogP) is 1.78. The molecule has 132 valence electrons. The molecule has 1 aromatic carbocycles. The maximum Gasteiger partial charge on any atom is 0.274 e. The fourth-order valence-electron chi connectivity index (χ4n) is 2.60. The number of benzene rings is 1. The zero-order valence-electron chi connectivity index (χ0n) is 13.5. The first-order valence-corrected chi connectivity index (χ1v) is 9.52. The summed E-state index contributed by atoms with van der Waals surface area (Å²) in [5, 5.41) is 5.67. The fourth-order valence-corrected chi connectivity index (χ4v) is 4.28. The van der Waals surface area contributed by atoms with Crippen molar-refractivity contribution in [3.63, 3.8) is 0 Å². The van der Waals surface area contributed by atoms with Crippen molar-refractivity contribution in [2.24, 2.45) is 0 Å². The number of aryl methyl sites for hydroxylation is 1. The maximum absolute atomic E-state index is 12.9. The summed E-state index contributed by atoms with van der Waals surface area (Å²) in [4.78, 5) is 20.6. The number of nitrogens with zero attached hydrogens (tertiary/aromatic N) is 2. The lowest BCUT2D eigenvalue weighted by Gasteiger charge is -2.13. The van der Waals surface area contributed by atoms with Gasteiger partial charge in [0.05, 0.1) is 11.5 Å². The Hall–Kier alpha value is -2.55. The minimum Gasteiger partial charge on any atom is -0.366 e. The van der Waals surface area contributed by atoms with Crippen molar-refractivity contribution in [3.8, 4) is 0 Å². The smallest absolute Gasteiger partial charge is 0.274 e. The molecule has 0 radical (unpaired) electrons. The summed E-state index contributed by atoms with van der Waals surface area (Å²) in [7, 11) is -3.01. The van der Waals surface area contributed by atoms with Gasteiger partial charge < -0.3 is 10.6 Å². The number of amides is 1.